The molecule has 0 radical (unpaired) electrons. The van der Waals surface area contributed by atoms with Gasteiger partial charge in [0.1, 0.15) is 0 Å². The van der Waals surface area contributed by atoms with Crippen LogP contribution >= 0.6 is 0 Å². The molecule has 1 aromatic carbocycles. The van der Waals surface area contributed by atoms with Crippen molar-refractivity contribution in [2.75, 3.05) is 18.4 Å². The third-order valence-electron chi connectivity index (χ3n) is 4.81. The molecule has 0 atom stereocenters. The Hall–Kier alpha value is -2.19. The Morgan fingerprint density at radius 3 is 2.43 bits per heavy atom. The average Bonchev–Trinajstić information content (AvgIpc) is 2.69. The molecule has 7 nitrogen and oxygen atoms in total. The number of nitrogens with one attached hydrogen (secondary N) is 1. The summed E-state index contributed by atoms with van der Waals surface area (Å²) in [6.45, 7) is 6.33. The van der Waals surface area contributed by atoms with Crippen LogP contribution in [-0.4, -0.2) is 35.4 Å². The Balaban J connectivity index is 1.68. The summed E-state index contributed by atoms with van der Waals surface area (Å²) in [4.78, 5) is 16.9. The predicted octanol–water partition coefficient (Wildman–Crippen LogP) is 2.69. The topological polar surface area (TPSA) is 84.3 Å². The monoisotopic (exact) mass is 404 g/mol. The standard InChI is InChI=1S/C20H28N4O3S/c1-16(2)15-23-13-10-21-19(20(23)25)22-14-17-6-8-18(9-7-17)28(26,27)24-11-4-3-5-12-24/h6-10,13,16H,3-5,11-12,14-15H2,1-2H3,(H,21,22). The largest absolute Gasteiger partial charge is 0.361 e. The molecule has 0 aliphatic carbocycles. The molecule has 0 bridgehead atoms. The summed E-state index contributed by atoms with van der Waals surface area (Å²) in [6.07, 6.45) is 6.22. The van der Waals surface area contributed by atoms with Crippen molar-refractivity contribution < 1.29 is 8.42 Å². The first-order valence-corrected chi connectivity index (χ1v) is 11.2. The molecule has 0 unspecified atom stereocenters. The van der Waals surface area contributed by atoms with Gasteiger partial charge in [-0.05, 0) is 36.5 Å². The minimum Gasteiger partial charge on any atom is -0.361 e. The fourth-order valence-corrected chi connectivity index (χ4v) is 4.84. The second-order valence-corrected chi connectivity index (χ2v) is 9.53. The zero-order chi connectivity index (χ0) is 20.1. The van der Waals surface area contributed by atoms with Gasteiger partial charge in [-0.25, -0.2) is 13.4 Å². The van der Waals surface area contributed by atoms with Crippen molar-refractivity contribution in [3.05, 3.63) is 52.6 Å². The van der Waals surface area contributed by atoms with Crippen LogP contribution in [0.1, 0.15) is 38.7 Å². The highest BCUT2D eigenvalue weighted by Crippen LogP contribution is 2.21. The molecule has 1 fully saturated rings. The first kappa shape index (κ1) is 20.5. The molecule has 1 aromatic heterocycles. The molecule has 1 saturated heterocycles. The minimum absolute atomic E-state index is 0.152. The van der Waals surface area contributed by atoms with Crippen LogP contribution in [0.2, 0.25) is 0 Å². The Labute approximate surface area is 166 Å². The molecule has 0 saturated carbocycles. The third kappa shape index (κ3) is 4.80. The second-order valence-electron chi connectivity index (χ2n) is 7.59. The summed E-state index contributed by atoms with van der Waals surface area (Å²) in [6, 6.07) is 6.83. The zero-order valence-corrected chi connectivity index (χ0v) is 17.3. The van der Waals surface area contributed by atoms with E-state index in [1.807, 2.05) is 0 Å². The normalized spacial score (nSPS) is 15.7. The lowest BCUT2D eigenvalue weighted by Gasteiger charge is -2.25. The number of nitrogens with zero attached hydrogens (tertiary/aromatic N) is 3. The molecule has 0 spiro atoms. The number of hydrogen-bond donors (Lipinski definition) is 1. The van der Waals surface area contributed by atoms with Crippen LogP contribution in [0.3, 0.4) is 0 Å². The van der Waals surface area contributed by atoms with Crippen molar-refractivity contribution in [3.63, 3.8) is 0 Å². The number of hydrogen-bond acceptors (Lipinski definition) is 5. The maximum atomic E-state index is 12.7. The molecule has 152 valence electrons. The summed E-state index contributed by atoms with van der Waals surface area (Å²) < 4.78 is 28.6. The molecule has 1 aliphatic heterocycles. The lowest BCUT2D eigenvalue weighted by Crippen LogP contribution is -2.35. The van der Waals surface area contributed by atoms with Crippen LogP contribution in [0.25, 0.3) is 0 Å². The van der Waals surface area contributed by atoms with Crippen LogP contribution in [0.5, 0.6) is 0 Å². The molecule has 1 aliphatic rings. The Kier molecular flexibility index (Phi) is 6.51. The van der Waals surface area contributed by atoms with Gasteiger partial charge in [0.25, 0.3) is 5.56 Å². The van der Waals surface area contributed by atoms with Crippen molar-refractivity contribution in [1.29, 1.82) is 0 Å². The molecule has 0 amide bonds. The summed E-state index contributed by atoms with van der Waals surface area (Å²) in [5, 5.41) is 3.06. The van der Waals surface area contributed by atoms with Crippen LogP contribution in [0.4, 0.5) is 5.82 Å². The predicted molar refractivity (Wildman–Crippen MR) is 110 cm³/mol. The number of piperidine rings is 1. The van der Waals surface area contributed by atoms with Crippen molar-refractivity contribution in [3.8, 4) is 0 Å². The first-order valence-electron chi connectivity index (χ1n) is 9.76. The highest BCUT2D eigenvalue weighted by atomic mass is 32.2. The summed E-state index contributed by atoms with van der Waals surface area (Å²) in [5.74, 6) is 0.663. The Morgan fingerprint density at radius 2 is 1.79 bits per heavy atom. The van der Waals surface area contributed by atoms with E-state index in [0.29, 0.717) is 42.8 Å². The molecule has 2 aromatic rings. The van der Waals surface area contributed by atoms with E-state index in [2.05, 4.69) is 24.1 Å². The Morgan fingerprint density at radius 1 is 1.11 bits per heavy atom. The number of benzene rings is 1. The van der Waals surface area contributed by atoms with Gasteiger partial charge in [0.2, 0.25) is 10.0 Å². The molecular formula is C20H28N4O3S. The smallest absolute Gasteiger partial charge is 0.293 e. The van der Waals surface area contributed by atoms with Gasteiger partial charge in [-0.1, -0.05) is 32.4 Å². The number of sulfonamides is 1. The molecule has 3 rings (SSSR count). The van der Waals surface area contributed by atoms with Gasteiger partial charge in [0.05, 0.1) is 4.90 Å². The summed E-state index contributed by atoms with van der Waals surface area (Å²) in [7, 11) is -3.42. The van der Waals surface area contributed by atoms with Crippen molar-refractivity contribution >= 4 is 15.8 Å². The highest BCUT2D eigenvalue weighted by molar-refractivity contribution is 7.89. The van der Waals surface area contributed by atoms with Crippen LogP contribution < -0.4 is 10.9 Å². The number of rotatable bonds is 7. The maximum Gasteiger partial charge on any atom is 0.293 e. The van der Waals surface area contributed by atoms with Gasteiger partial charge in [-0.2, -0.15) is 4.31 Å². The van der Waals surface area contributed by atoms with Crippen LogP contribution in [-0.2, 0) is 23.1 Å². The third-order valence-corrected chi connectivity index (χ3v) is 6.72. The zero-order valence-electron chi connectivity index (χ0n) is 16.5. The van der Waals surface area contributed by atoms with E-state index in [-0.39, 0.29) is 5.56 Å². The lowest BCUT2D eigenvalue weighted by molar-refractivity contribution is 0.346. The van der Waals surface area contributed by atoms with E-state index in [0.717, 1.165) is 24.8 Å². The quantitative estimate of drug-likeness (QED) is 0.767. The van der Waals surface area contributed by atoms with E-state index in [4.69, 9.17) is 0 Å². The van der Waals surface area contributed by atoms with Crippen molar-refractivity contribution in [1.82, 2.24) is 13.9 Å². The second kappa shape index (κ2) is 8.87. The fourth-order valence-electron chi connectivity index (χ4n) is 3.33. The maximum absolute atomic E-state index is 12.7. The highest BCUT2D eigenvalue weighted by Gasteiger charge is 2.25. The number of aromatic nitrogens is 2. The Bertz CT molecular complexity index is 946. The average molecular weight is 405 g/mol. The van der Waals surface area contributed by atoms with E-state index >= 15 is 0 Å². The van der Waals surface area contributed by atoms with E-state index in [1.54, 1.807) is 45.5 Å². The van der Waals surface area contributed by atoms with E-state index in [9.17, 15) is 13.2 Å². The summed E-state index contributed by atoms with van der Waals surface area (Å²) >= 11 is 0. The minimum atomic E-state index is -3.42. The molecule has 8 heteroatoms. The summed E-state index contributed by atoms with van der Waals surface area (Å²) in [5.41, 5.74) is 0.735. The molecule has 28 heavy (non-hydrogen) atoms. The van der Waals surface area contributed by atoms with Gasteiger partial charge in [0, 0.05) is 38.6 Å². The fraction of sp³-hybridized carbons (Fsp3) is 0.500. The van der Waals surface area contributed by atoms with E-state index < -0.39 is 10.0 Å². The first-order chi connectivity index (χ1) is 13.4. The molecule has 2 heterocycles. The van der Waals surface area contributed by atoms with Crippen molar-refractivity contribution in [2.45, 2.75) is 51.1 Å². The van der Waals surface area contributed by atoms with Crippen molar-refractivity contribution in [2.24, 2.45) is 5.92 Å². The SMILES string of the molecule is CC(C)Cn1ccnc(NCc2ccc(S(=O)(=O)N3CCCCC3)cc2)c1=O. The van der Waals surface area contributed by atoms with Gasteiger partial charge in [0.15, 0.2) is 5.82 Å². The van der Waals surface area contributed by atoms with Gasteiger partial charge in [-0.15, -0.1) is 0 Å². The van der Waals surface area contributed by atoms with E-state index in [1.165, 1.54) is 0 Å². The molecular weight excluding hydrogens is 376 g/mol. The van der Waals surface area contributed by atoms with Gasteiger partial charge in [-0.3, -0.25) is 4.79 Å². The van der Waals surface area contributed by atoms with Gasteiger partial charge < -0.3 is 9.88 Å². The lowest BCUT2D eigenvalue weighted by atomic mass is 10.2. The molecule has 1 N–H and O–H groups in total. The van der Waals surface area contributed by atoms with Crippen LogP contribution in [0, 0.1) is 5.92 Å². The number of anilines is 1. The van der Waals surface area contributed by atoms with Crippen LogP contribution in [0.15, 0.2) is 46.3 Å². The van der Waals surface area contributed by atoms with Gasteiger partial charge >= 0.3 is 0 Å².